The molecule has 0 radical (unpaired) electrons. The molecule has 0 aliphatic heterocycles. The highest BCUT2D eigenvalue weighted by Crippen LogP contribution is 2.26. The predicted molar refractivity (Wildman–Crippen MR) is 82.9 cm³/mol. The zero-order valence-electron chi connectivity index (χ0n) is 12.2. The molecule has 1 aromatic carbocycles. The van der Waals surface area contributed by atoms with Gasteiger partial charge in [-0.15, -0.1) is 0 Å². The molecule has 4 heteroatoms. The minimum atomic E-state index is 0.469. The minimum absolute atomic E-state index is 0.469. The van der Waals surface area contributed by atoms with E-state index >= 15 is 0 Å². The van der Waals surface area contributed by atoms with Gasteiger partial charge < -0.3 is 14.8 Å². The molecule has 0 heterocycles. The lowest BCUT2D eigenvalue weighted by Gasteiger charge is -2.21. The molecule has 0 saturated heterocycles. The van der Waals surface area contributed by atoms with E-state index in [2.05, 4.69) is 47.2 Å². The number of nitrogens with one attached hydrogen (secondary N) is 1. The Kier molecular flexibility index (Phi) is 7.42. The van der Waals surface area contributed by atoms with Gasteiger partial charge in [0.1, 0.15) is 5.75 Å². The van der Waals surface area contributed by atoms with E-state index in [0.717, 1.165) is 29.8 Å². The van der Waals surface area contributed by atoms with Gasteiger partial charge in [-0.3, -0.25) is 0 Å². The normalized spacial score (nSPS) is 14.2. The first-order chi connectivity index (χ1) is 9.08. The van der Waals surface area contributed by atoms with Gasteiger partial charge >= 0.3 is 0 Å². The van der Waals surface area contributed by atoms with Crippen molar-refractivity contribution in [1.29, 1.82) is 0 Å². The van der Waals surface area contributed by atoms with E-state index in [1.165, 1.54) is 5.56 Å². The van der Waals surface area contributed by atoms with Crippen molar-refractivity contribution in [1.82, 2.24) is 5.32 Å². The highest BCUT2D eigenvalue weighted by Gasteiger charge is 2.13. The fraction of sp³-hybridized carbons (Fsp3) is 0.600. The van der Waals surface area contributed by atoms with Gasteiger partial charge in [-0.2, -0.15) is 0 Å². The molecule has 0 spiro atoms. The fourth-order valence-electron chi connectivity index (χ4n) is 1.98. The number of hydrogen-bond donors (Lipinski definition) is 1. The van der Waals surface area contributed by atoms with Crippen LogP contribution in [0.25, 0.3) is 0 Å². The maximum absolute atomic E-state index is 5.24. The van der Waals surface area contributed by atoms with Crippen LogP contribution in [-0.2, 0) is 11.2 Å². The summed E-state index contributed by atoms with van der Waals surface area (Å²) in [6.07, 6.45) is 1.05. The molecule has 0 aromatic heterocycles. The van der Waals surface area contributed by atoms with Crippen LogP contribution in [0.1, 0.15) is 19.4 Å². The monoisotopic (exact) mass is 329 g/mol. The van der Waals surface area contributed by atoms with E-state index in [0.29, 0.717) is 12.0 Å². The third-order valence-corrected chi connectivity index (χ3v) is 4.02. The van der Waals surface area contributed by atoms with E-state index in [4.69, 9.17) is 9.47 Å². The molecule has 0 aliphatic rings. The Labute approximate surface area is 124 Å². The van der Waals surface area contributed by atoms with E-state index < -0.39 is 0 Å². The van der Waals surface area contributed by atoms with Crippen molar-refractivity contribution in [2.45, 2.75) is 26.3 Å². The second kappa shape index (κ2) is 8.56. The van der Waals surface area contributed by atoms with Crippen LogP contribution in [0, 0.1) is 5.92 Å². The number of ether oxygens (including phenoxy) is 2. The predicted octanol–water partition coefficient (Wildman–Crippen LogP) is 3.26. The molecule has 1 rings (SSSR count). The average Bonchev–Trinajstić information content (AvgIpc) is 2.39. The van der Waals surface area contributed by atoms with Crippen molar-refractivity contribution in [2.24, 2.45) is 5.92 Å². The molecular weight excluding hydrogens is 306 g/mol. The summed E-state index contributed by atoms with van der Waals surface area (Å²) >= 11 is 3.53. The zero-order chi connectivity index (χ0) is 14.3. The second-order valence-corrected chi connectivity index (χ2v) is 5.74. The average molecular weight is 330 g/mol. The van der Waals surface area contributed by atoms with E-state index in [-0.39, 0.29) is 0 Å². The van der Waals surface area contributed by atoms with Crippen LogP contribution < -0.4 is 10.1 Å². The summed E-state index contributed by atoms with van der Waals surface area (Å²) in [4.78, 5) is 0. The lowest BCUT2D eigenvalue weighted by molar-refractivity contribution is 0.192. The Morgan fingerprint density at radius 2 is 2.00 bits per heavy atom. The van der Waals surface area contributed by atoms with Crippen LogP contribution in [0.15, 0.2) is 22.7 Å². The molecule has 1 aromatic rings. The first-order valence-electron chi connectivity index (χ1n) is 6.63. The minimum Gasteiger partial charge on any atom is -0.496 e. The highest BCUT2D eigenvalue weighted by molar-refractivity contribution is 9.10. The third kappa shape index (κ3) is 5.51. The molecule has 0 amide bonds. The van der Waals surface area contributed by atoms with Crippen molar-refractivity contribution in [3.8, 4) is 5.75 Å². The Morgan fingerprint density at radius 3 is 2.58 bits per heavy atom. The lowest BCUT2D eigenvalue weighted by atomic mass is 9.95. The fourth-order valence-corrected chi connectivity index (χ4v) is 2.56. The van der Waals surface area contributed by atoms with Crippen LogP contribution in [0.2, 0.25) is 0 Å². The Balaban J connectivity index is 2.51. The van der Waals surface area contributed by atoms with E-state index in [1.54, 1.807) is 14.2 Å². The first kappa shape index (κ1) is 16.5. The van der Waals surface area contributed by atoms with Crippen LogP contribution in [0.5, 0.6) is 5.75 Å². The van der Waals surface area contributed by atoms with Gasteiger partial charge in [-0.05, 0) is 52.9 Å². The number of methoxy groups -OCH3 is 2. The van der Waals surface area contributed by atoms with Crippen molar-refractivity contribution in [3.63, 3.8) is 0 Å². The number of hydrogen-bond acceptors (Lipinski definition) is 3. The molecule has 1 N–H and O–H groups in total. The summed E-state index contributed by atoms with van der Waals surface area (Å²) in [5.74, 6) is 1.44. The molecule has 0 aliphatic carbocycles. The summed E-state index contributed by atoms with van der Waals surface area (Å²) in [5, 5.41) is 3.48. The van der Waals surface area contributed by atoms with E-state index in [1.807, 2.05) is 6.07 Å². The topological polar surface area (TPSA) is 30.5 Å². The van der Waals surface area contributed by atoms with Crippen LogP contribution in [0.4, 0.5) is 0 Å². The number of rotatable bonds is 8. The van der Waals surface area contributed by atoms with Crippen molar-refractivity contribution < 1.29 is 9.47 Å². The summed E-state index contributed by atoms with van der Waals surface area (Å²) in [6.45, 7) is 6.14. The quantitative estimate of drug-likeness (QED) is 0.742. The Morgan fingerprint density at radius 1 is 1.26 bits per heavy atom. The second-order valence-electron chi connectivity index (χ2n) is 4.89. The van der Waals surface area contributed by atoms with Crippen LogP contribution in [0.3, 0.4) is 0 Å². The van der Waals surface area contributed by atoms with Crippen molar-refractivity contribution in [2.75, 3.05) is 27.4 Å². The first-order valence-corrected chi connectivity index (χ1v) is 7.42. The van der Waals surface area contributed by atoms with Gasteiger partial charge in [0.05, 0.1) is 18.2 Å². The van der Waals surface area contributed by atoms with Crippen molar-refractivity contribution in [3.05, 3.63) is 28.2 Å². The van der Waals surface area contributed by atoms with Crippen molar-refractivity contribution >= 4 is 15.9 Å². The van der Waals surface area contributed by atoms with Gasteiger partial charge in [0, 0.05) is 19.7 Å². The van der Waals surface area contributed by atoms with Gasteiger partial charge in [0.2, 0.25) is 0 Å². The molecule has 108 valence electrons. The maximum Gasteiger partial charge on any atom is 0.133 e. The third-order valence-electron chi connectivity index (χ3n) is 3.40. The van der Waals surface area contributed by atoms with Gasteiger partial charge in [-0.1, -0.05) is 13.0 Å². The van der Waals surface area contributed by atoms with Crippen LogP contribution >= 0.6 is 15.9 Å². The number of halogens is 1. The SMILES string of the molecule is COCCNC(C)C(C)Cc1ccc(OC)c(Br)c1. The summed E-state index contributed by atoms with van der Waals surface area (Å²) in [5.41, 5.74) is 1.32. The Bertz CT molecular complexity index is 384. The smallest absolute Gasteiger partial charge is 0.133 e. The molecule has 0 bridgehead atoms. The highest BCUT2D eigenvalue weighted by atomic mass is 79.9. The molecular formula is C15H24BrNO2. The molecule has 0 fully saturated rings. The lowest BCUT2D eigenvalue weighted by Crippen LogP contribution is -2.35. The molecule has 2 unspecified atom stereocenters. The summed E-state index contributed by atoms with van der Waals surface area (Å²) < 4.78 is 11.3. The van der Waals surface area contributed by atoms with Gasteiger partial charge in [0.15, 0.2) is 0 Å². The zero-order valence-corrected chi connectivity index (χ0v) is 13.8. The summed E-state index contributed by atoms with van der Waals surface area (Å²) in [6, 6.07) is 6.74. The largest absolute Gasteiger partial charge is 0.496 e. The molecule has 0 saturated carbocycles. The molecule has 3 nitrogen and oxygen atoms in total. The van der Waals surface area contributed by atoms with E-state index in [9.17, 15) is 0 Å². The maximum atomic E-state index is 5.24. The van der Waals surface area contributed by atoms with Crippen LogP contribution in [-0.4, -0.2) is 33.4 Å². The molecule has 19 heavy (non-hydrogen) atoms. The van der Waals surface area contributed by atoms with Gasteiger partial charge in [0.25, 0.3) is 0 Å². The van der Waals surface area contributed by atoms with Gasteiger partial charge in [-0.25, -0.2) is 0 Å². The molecule has 2 atom stereocenters. The summed E-state index contributed by atoms with van der Waals surface area (Å²) in [7, 11) is 3.41. The standard InChI is InChI=1S/C15H24BrNO2/c1-11(12(2)17-7-8-18-3)9-13-5-6-15(19-4)14(16)10-13/h5-6,10-12,17H,7-9H2,1-4H3. The number of benzene rings is 1. The Hall–Kier alpha value is -0.580.